The van der Waals surface area contributed by atoms with Crippen LogP contribution in [-0.4, -0.2) is 58.9 Å². The molecule has 1 aromatic carbocycles. The van der Waals surface area contributed by atoms with Crippen LogP contribution in [0.5, 0.6) is 0 Å². The Balaban J connectivity index is 2.69. The highest BCUT2D eigenvalue weighted by Crippen LogP contribution is 2.05. The maximum Gasteiger partial charge on any atom is 0.303 e. The van der Waals surface area contributed by atoms with Crippen LogP contribution >= 0.6 is 0 Å². The van der Waals surface area contributed by atoms with Gasteiger partial charge in [-0.25, -0.2) is 0 Å². The maximum absolute atomic E-state index is 12.6. The largest absolute Gasteiger partial charge is 0.481 e. The Morgan fingerprint density at radius 2 is 1.31 bits per heavy atom. The van der Waals surface area contributed by atoms with Gasteiger partial charge in [-0.15, -0.1) is 0 Å². The molecule has 10 nitrogen and oxygen atoms in total. The third kappa shape index (κ3) is 10.1. The van der Waals surface area contributed by atoms with Crippen LogP contribution in [-0.2, 0) is 30.4 Å². The highest BCUT2D eigenvalue weighted by Gasteiger charge is 2.26. The first-order chi connectivity index (χ1) is 15.0. The third-order valence-electron chi connectivity index (χ3n) is 4.44. The molecule has 3 atom stereocenters. The van der Waals surface area contributed by atoms with E-state index >= 15 is 0 Å². The van der Waals surface area contributed by atoms with Gasteiger partial charge in [-0.2, -0.15) is 0 Å². The molecule has 5 N–H and O–H groups in total. The second-order valence-corrected chi connectivity index (χ2v) is 7.83. The van der Waals surface area contributed by atoms with E-state index in [2.05, 4.69) is 21.3 Å². The third-order valence-corrected chi connectivity index (χ3v) is 4.44. The van der Waals surface area contributed by atoms with Gasteiger partial charge in [0.15, 0.2) is 0 Å². The molecule has 1 rings (SSSR count). The van der Waals surface area contributed by atoms with Crippen LogP contribution in [0.4, 0.5) is 0 Å². The number of carbonyl (C=O) groups is 5. The summed E-state index contributed by atoms with van der Waals surface area (Å²) in [6, 6.07) is 6.35. The van der Waals surface area contributed by atoms with Crippen molar-refractivity contribution in [1.29, 1.82) is 0 Å². The summed E-state index contributed by atoms with van der Waals surface area (Å²) in [5.41, 5.74) is 0.867. The SMILES string of the molecule is CC(C)NC(=O)[C@H](Cc1ccccc1)NC(=O)[C@H](C)NC(=O)[C@H](C)NC(=O)CCC(=O)O. The van der Waals surface area contributed by atoms with Gasteiger partial charge in [-0.1, -0.05) is 30.3 Å². The summed E-state index contributed by atoms with van der Waals surface area (Å²) in [5, 5.41) is 18.9. The Kier molecular flexibility index (Phi) is 10.9. The first-order valence-electron chi connectivity index (χ1n) is 10.5. The fourth-order valence-corrected chi connectivity index (χ4v) is 2.74. The second kappa shape index (κ2) is 13.1. The van der Waals surface area contributed by atoms with Gasteiger partial charge in [0.05, 0.1) is 6.42 Å². The van der Waals surface area contributed by atoms with E-state index < -0.39 is 41.8 Å². The van der Waals surface area contributed by atoms with E-state index in [9.17, 15) is 24.0 Å². The lowest BCUT2D eigenvalue weighted by Gasteiger charge is -2.23. The number of hydrogen-bond donors (Lipinski definition) is 5. The molecule has 0 aliphatic rings. The van der Waals surface area contributed by atoms with Crippen molar-refractivity contribution in [2.75, 3.05) is 0 Å². The van der Waals surface area contributed by atoms with E-state index in [0.717, 1.165) is 5.56 Å². The molecule has 4 amide bonds. The zero-order chi connectivity index (χ0) is 24.3. The zero-order valence-corrected chi connectivity index (χ0v) is 18.8. The van der Waals surface area contributed by atoms with Crippen molar-refractivity contribution >= 4 is 29.6 Å². The topological polar surface area (TPSA) is 154 Å². The van der Waals surface area contributed by atoms with Gasteiger partial charge >= 0.3 is 5.97 Å². The quantitative estimate of drug-likeness (QED) is 0.306. The first-order valence-corrected chi connectivity index (χ1v) is 10.5. The molecule has 0 spiro atoms. The van der Waals surface area contributed by atoms with E-state index in [1.807, 2.05) is 44.2 Å². The molecule has 0 saturated heterocycles. The number of carbonyl (C=O) groups excluding carboxylic acids is 4. The normalized spacial score (nSPS) is 13.4. The molecule has 176 valence electrons. The van der Waals surface area contributed by atoms with Gasteiger partial charge in [0.25, 0.3) is 0 Å². The molecule has 0 unspecified atom stereocenters. The van der Waals surface area contributed by atoms with Gasteiger partial charge in [0.1, 0.15) is 18.1 Å². The Morgan fingerprint density at radius 1 is 0.750 bits per heavy atom. The average molecular weight is 449 g/mol. The summed E-state index contributed by atoms with van der Waals surface area (Å²) >= 11 is 0. The number of aliphatic carboxylic acids is 1. The van der Waals surface area contributed by atoms with E-state index in [1.165, 1.54) is 13.8 Å². The summed E-state index contributed by atoms with van der Waals surface area (Å²) in [7, 11) is 0. The van der Waals surface area contributed by atoms with Crippen molar-refractivity contribution < 1.29 is 29.1 Å². The average Bonchev–Trinajstić information content (AvgIpc) is 2.71. The lowest BCUT2D eigenvalue weighted by Crippen LogP contribution is -2.56. The molecule has 10 heteroatoms. The van der Waals surface area contributed by atoms with Crippen molar-refractivity contribution in [2.24, 2.45) is 0 Å². The predicted molar refractivity (Wildman–Crippen MR) is 117 cm³/mol. The van der Waals surface area contributed by atoms with Crippen LogP contribution < -0.4 is 21.3 Å². The van der Waals surface area contributed by atoms with Crippen LogP contribution in [0.25, 0.3) is 0 Å². The van der Waals surface area contributed by atoms with Crippen LogP contribution in [0.1, 0.15) is 46.1 Å². The monoisotopic (exact) mass is 448 g/mol. The molecule has 0 aliphatic carbocycles. The molecule has 1 aromatic rings. The zero-order valence-electron chi connectivity index (χ0n) is 18.8. The van der Waals surface area contributed by atoms with Gasteiger partial charge in [-0.3, -0.25) is 24.0 Å². The summed E-state index contributed by atoms with van der Waals surface area (Å²) < 4.78 is 0. The minimum atomic E-state index is -1.12. The number of benzene rings is 1. The number of carboxylic acid groups (broad SMARTS) is 1. The fourth-order valence-electron chi connectivity index (χ4n) is 2.74. The molecule has 0 radical (unpaired) electrons. The van der Waals surface area contributed by atoms with Crippen molar-refractivity contribution in [2.45, 2.75) is 71.1 Å². The van der Waals surface area contributed by atoms with E-state index in [4.69, 9.17) is 5.11 Å². The van der Waals surface area contributed by atoms with Crippen LogP contribution in [0, 0.1) is 0 Å². The maximum atomic E-state index is 12.6. The van der Waals surface area contributed by atoms with Crippen LogP contribution in [0.2, 0.25) is 0 Å². The van der Waals surface area contributed by atoms with Gasteiger partial charge in [0, 0.05) is 18.9 Å². The van der Waals surface area contributed by atoms with Crippen molar-refractivity contribution in [3.8, 4) is 0 Å². The van der Waals surface area contributed by atoms with Gasteiger partial charge in [0.2, 0.25) is 23.6 Å². The summed E-state index contributed by atoms with van der Waals surface area (Å²) in [5.74, 6) is -3.20. The van der Waals surface area contributed by atoms with E-state index in [1.54, 1.807) is 0 Å². The van der Waals surface area contributed by atoms with Crippen LogP contribution in [0.3, 0.4) is 0 Å². The molecule has 0 saturated carbocycles. The Labute approximate surface area is 187 Å². The smallest absolute Gasteiger partial charge is 0.303 e. The van der Waals surface area contributed by atoms with Crippen LogP contribution in [0.15, 0.2) is 30.3 Å². The molecular weight excluding hydrogens is 416 g/mol. The highest BCUT2D eigenvalue weighted by atomic mass is 16.4. The number of nitrogens with one attached hydrogen (secondary N) is 4. The lowest BCUT2D eigenvalue weighted by molar-refractivity contribution is -0.139. The number of hydrogen-bond acceptors (Lipinski definition) is 5. The minimum Gasteiger partial charge on any atom is -0.481 e. The fraction of sp³-hybridized carbons (Fsp3) is 0.500. The van der Waals surface area contributed by atoms with Crippen molar-refractivity contribution in [3.63, 3.8) is 0 Å². The van der Waals surface area contributed by atoms with Crippen molar-refractivity contribution in [3.05, 3.63) is 35.9 Å². The van der Waals surface area contributed by atoms with E-state index in [-0.39, 0.29) is 31.2 Å². The van der Waals surface area contributed by atoms with Crippen molar-refractivity contribution in [1.82, 2.24) is 21.3 Å². The molecule has 0 heterocycles. The molecular formula is C22H32N4O6. The highest BCUT2D eigenvalue weighted by molar-refractivity contribution is 5.94. The number of amides is 4. The first kappa shape index (κ1) is 26.6. The van der Waals surface area contributed by atoms with Gasteiger partial charge in [-0.05, 0) is 33.3 Å². The van der Waals surface area contributed by atoms with E-state index in [0.29, 0.717) is 0 Å². The lowest BCUT2D eigenvalue weighted by atomic mass is 10.0. The Hall–Kier alpha value is -3.43. The molecule has 0 aliphatic heterocycles. The number of carboxylic acids is 1. The molecule has 0 aromatic heterocycles. The standard InChI is InChI=1S/C22H32N4O6/c1-13(2)23-22(32)17(12-16-8-6-5-7-9-16)26-21(31)15(4)25-20(30)14(3)24-18(27)10-11-19(28)29/h5-9,13-15,17H,10-12H2,1-4H3,(H,23,32)(H,24,27)(H,25,30)(H,26,31)(H,28,29)/t14-,15-,17-/m0/s1. The molecule has 0 bridgehead atoms. The summed E-state index contributed by atoms with van der Waals surface area (Å²) in [6.45, 7) is 6.52. The molecule has 0 fully saturated rings. The Bertz CT molecular complexity index is 812. The van der Waals surface area contributed by atoms with Gasteiger partial charge < -0.3 is 26.4 Å². The number of rotatable bonds is 12. The predicted octanol–water partition coefficient (Wildman–Crippen LogP) is 0.113. The summed E-state index contributed by atoms with van der Waals surface area (Å²) in [4.78, 5) is 59.7. The summed E-state index contributed by atoms with van der Waals surface area (Å²) in [6.07, 6.45) is -0.322. The Morgan fingerprint density at radius 3 is 1.88 bits per heavy atom. The minimum absolute atomic E-state index is 0.111. The molecule has 32 heavy (non-hydrogen) atoms. The second-order valence-electron chi connectivity index (χ2n) is 7.83.